The monoisotopic (exact) mass is 367 g/mol. The van der Waals surface area contributed by atoms with Crippen molar-refractivity contribution in [3.05, 3.63) is 29.8 Å². The van der Waals surface area contributed by atoms with Crippen LogP contribution in [-0.2, 0) is 20.7 Å². The van der Waals surface area contributed by atoms with E-state index in [1.807, 2.05) is 18.4 Å². The predicted octanol–water partition coefficient (Wildman–Crippen LogP) is 2.60. The molecule has 0 fully saturated rings. The van der Waals surface area contributed by atoms with Crippen LogP contribution in [0.15, 0.2) is 29.3 Å². The van der Waals surface area contributed by atoms with Gasteiger partial charge in [-0.3, -0.25) is 0 Å². The Balaban J connectivity index is 2.82. The first kappa shape index (κ1) is 20.8. The molecule has 0 aliphatic heterocycles. The van der Waals surface area contributed by atoms with Crippen LogP contribution in [0.4, 0.5) is 10.5 Å². The predicted molar refractivity (Wildman–Crippen MR) is 100 cm³/mol. The quantitative estimate of drug-likeness (QED) is 0.471. The number of methoxy groups -OCH3 is 1. The van der Waals surface area contributed by atoms with Crippen LogP contribution in [0.5, 0.6) is 0 Å². The van der Waals surface area contributed by atoms with Gasteiger partial charge in [-0.05, 0) is 44.7 Å². The number of benzene rings is 1. The Labute approximate surface area is 152 Å². The van der Waals surface area contributed by atoms with Gasteiger partial charge in [0.2, 0.25) is 0 Å². The number of ether oxygens (including phenoxy) is 2. The minimum Gasteiger partial charge on any atom is -0.467 e. The summed E-state index contributed by atoms with van der Waals surface area (Å²) in [5, 5.41) is 3.01. The van der Waals surface area contributed by atoms with Crippen LogP contribution in [0, 0.1) is 0 Å². The maximum atomic E-state index is 11.9. The molecule has 0 heterocycles. The van der Waals surface area contributed by atoms with Gasteiger partial charge in [-0.1, -0.05) is 23.9 Å². The Kier molecular flexibility index (Phi) is 7.76. The number of aliphatic imine (C=N–C) groups is 1. The largest absolute Gasteiger partial charge is 0.467 e. The summed E-state index contributed by atoms with van der Waals surface area (Å²) in [6.07, 6.45) is 1.45. The van der Waals surface area contributed by atoms with E-state index in [9.17, 15) is 9.59 Å². The number of carbonyl (C=O) groups excluding carboxylic acids is 2. The van der Waals surface area contributed by atoms with Gasteiger partial charge in [0.05, 0.1) is 12.8 Å². The highest BCUT2D eigenvalue weighted by Crippen LogP contribution is 2.16. The molecular weight excluding hydrogens is 342 g/mol. The molecule has 25 heavy (non-hydrogen) atoms. The number of carbonyl (C=O) groups is 2. The summed E-state index contributed by atoms with van der Waals surface area (Å²) >= 11 is 1.36. The van der Waals surface area contributed by atoms with Crippen molar-refractivity contribution < 1.29 is 19.1 Å². The topological polar surface area (TPSA) is 103 Å². The maximum absolute atomic E-state index is 11.9. The molecule has 1 unspecified atom stereocenters. The van der Waals surface area contributed by atoms with E-state index in [1.165, 1.54) is 18.9 Å². The normalized spacial score (nSPS) is 13.1. The lowest BCUT2D eigenvalue weighted by Crippen LogP contribution is -2.45. The second kappa shape index (κ2) is 9.31. The van der Waals surface area contributed by atoms with Gasteiger partial charge in [0, 0.05) is 6.42 Å². The van der Waals surface area contributed by atoms with Gasteiger partial charge >= 0.3 is 12.1 Å². The molecule has 8 heteroatoms. The fourth-order valence-electron chi connectivity index (χ4n) is 1.90. The van der Waals surface area contributed by atoms with Crippen molar-refractivity contribution in [1.29, 1.82) is 0 Å². The van der Waals surface area contributed by atoms with Crippen LogP contribution < -0.4 is 11.1 Å². The maximum Gasteiger partial charge on any atom is 0.408 e. The fourth-order valence-corrected chi connectivity index (χ4v) is 2.10. The molecule has 0 radical (unpaired) electrons. The zero-order chi connectivity index (χ0) is 19.0. The molecule has 0 aliphatic rings. The summed E-state index contributed by atoms with van der Waals surface area (Å²) in [6.45, 7) is 5.25. The molecule has 0 spiro atoms. The van der Waals surface area contributed by atoms with Crippen molar-refractivity contribution in [1.82, 2.24) is 5.32 Å². The van der Waals surface area contributed by atoms with Gasteiger partial charge in [0.1, 0.15) is 11.6 Å². The average molecular weight is 367 g/mol. The fraction of sp³-hybridized carbons (Fsp3) is 0.471. The number of rotatable bonds is 5. The van der Waals surface area contributed by atoms with E-state index >= 15 is 0 Å². The first-order valence-corrected chi connectivity index (χ1v) is 8.91. The van der Waals surface area contributed by atoms with Crippen molar-refractivity contribution in [3.8, 4) is 0 Å². The van der Waals surface area contributed by atoms with E-state index in [0.717, 1.165) is 5.56 Å². The molecule has 1 rings (SSSR count). The number of amidine groups is 1. The number of nitrogens with two attached hydrogens (primary N) is 1. The van der Waals surface area contributed by atoms with Crippen molar-refractivity contribution in [3.63, 3.8) is 0 Å². The SMILES string of the molecule is COC(=O)C(Cc1ccc(N=C(N)SC)cc1)NC(=O)OC(C)(C)C. The van der Waals surface area contributed by atoms with Crippen molar-refractivity contribution in [2.24, 2.45) is 10.7 Å². The third kappa shape index (κ3) is 7.93. The van der Waals surface area contributed by atoms with E-state index in [-0.39, 0.29) is 6.42 Å². The standard InChI is InChI=1S/C17H25N3O4S/c1-17(2,3)24-16(22)20-13(14(21)23-4)10-11-6-8-12(9-7-11)19-15(18)25-5/h6-9,13H,10H2,1-5H3,(H2,18,19)(H,20,22). The lowest BCUT2D eigenvalue weighted by atomic mass is 10.1. The number of hydrogen-bond acceptors (Lipinski definition) is 6. The second-order valence-electron chi connectivity index (χ2n) is 6.25. The van der Waals surface area contributed by atoms with Crippen LogP contribution in [0.3, 0.4) is 0 Å². The molecule has 1 amide bonds. The van der Waals surface area contributed by atoms with Gasteiger partial charge < -0.3 is 20.5 Å². The number of hydrogen-bond donors (Lipinski definition) is 2. The Bertz CT molecular complexity index is 624. The molecule has 0 bridgehead atoms. The molecule has 138 valence electrons. The van der Waals surface area contributed by atoms with Gasteiger partial charge in [-0.25, -0.2) is 14.6 Å². The summed E-state index contributed by atoms with van der Waals surface area (Å²) in [5.41, 5.74) is 6.58. The highest BCUT2D eigenvalue weighted by atomic mass is 32.2. The number of nitrogens with zero attached hydrogens (tertiary/aromatic N) is 1. The summed E-state index contributed by atoms with van der Waals surface area (Å²) in [4.78, 5) is 28.1. The van der Waals surface area contributed by atoms with Crippen LogP contribution >= 0.6 is 11.8 Å². The third-order valence-electron chi connectivity index (χ3n) is 3.00. The van der Waals surface area contributed by atoms with E-state index in [0.29, 0.717) is 10.9 Å². The Morgan fingerprint density at radius 2 is 1.88 bits per heavy atom. The molecule has 3 N–H and O–H groups in total. The summed E-state index contributed by atoms with van der Waals surface area (Å²) in [7, 11) is 1.27. The Morgan fingerprint density at radius 3 is 2.36 bits per heavy atom. The van der Waals surface area contributed by atoms with Gasteiger partial charge in [0.15, 0.2) is 5.17 Å². The highest BCUT2D eigenvalue weighted by Gasteiger charge is 2.25. The molecule has 7 nitrogen and oxygen atoms in total. The minimum atomic E-state index is -0.842. The van der Waals surface area contributed by atoms with Crippen molar-refractivity contribution in [2.75, 3.05) is 13.4 Å². The first-order chi connectivity index (χ1) is 11.6. The summed E-state index contributed by atoms with van der Waals surface area (Å²) in [6, 6.07) is 6.38. The molecule has 1 aromatic rings. The van der Waals surface area contributed by atoms with E-state index in [2.05, 4.69) is 10.3 Å². The van der Waals surface area contributed by atoms with E-state index < -0.39 is 23.7 Å². The molecule has 1 aromatic carbocycles. The van der Waals surface area contributed by atoms with Gasteiger partial charge in [0.25, 0.3) is 0 Å². The smallest absolute Gasteiger partial charge is 0.408 e. The van der Waals surface area contributed by atoms with Crippen LogP contribution in [-0.4, -0.2) is 42.2 Å². The molecular formula is C17H25N3O4S. The average Bonchev–Trinajstić information content (AvgIpc) is 2.53. The van der Waals surface area contributed by atoms with Crippen LogP contribution in [0.2, 0.25) is 0 Å². The lowest BCUT2D eigenvalue weighted by Gasteiger charge is -2.22. The molecule has 1 atom stereocenters. The number of thioether (sulfide) groups is 1. The molecule has 0 saturated heterocycles. The minimum absolute atomic E-state index is 0.272. The number of alkyl carbamates (subject to hydrolysis) is 1. The van der Waals surface area contributed by atoms with Crippen LogP contribution in [0.1, 0.15) is 26.3 Å². The molecule has 0 saturated carbocycles. The van der Waals surface area contributed by atoms with E-state index in [1.54, 1.807) is 32.9 Å². The highest BCUT2D eigenvalue weighted by molar-refractivity contribution is 8.13. The lowest BCUT2D eigenvalue weighted by molar-refractivity contribution is -0.143. The zero-order valence-corrected chi connectivity index (χ0v) is 16.0. The summed E-state index contributed by atoms with van der Waals surface area (Å²) in [5.74, 6) is -0.542. The third-order valence-corrected chi connectivity index (χ3v) is 3.51. The Morgan fingerprint density at radius 1 is 1.28 bits per heavy atom. The van der Waals surface area contributed by atoms with Crippen molar-refractivity contribution >= 4 is 34.7 Å². The Hall–Kier alpha value is -2.22. The zero-order valence-electron chi connectivity index (χ0n) is 15.2. The van der Waals surface area contributed by atoms with E-state index in [4.69, 9.17) is 15.2 Å². The van der Waals surface area contributed by atoms with Gasteiger partial charge in [-0.2, -0.15) is 0 Å². The first-order valence-electron chi connectivity index (χ1n) is 7.69. The van der Waals surface area contributed by atoms with Gasteiger partial charge in [-0.15, -0.1) is 0 Å². The number of nitrogens with one attached hydrogen (secondary N) is 1. The molecule has 0 aromatic heterocycles. The van der Waals surface area contributed by atoms with Crippen molar-refractivity contribution in [2.45, 2.75) is 38.8 Å². The molecule has 0 aliphatic carbocycles. The number of amides is 1. The van der Waals surface area contributed by atoms with Crippen LogP contribution in [0.25, 0.3) is 0 Å². The second-order valence-corrected chi connectivity index (χ2v) is 7.07. The summed E-state index contributed by atoms with van der Waals surface area (Å²) < 4.78 is 9.94. The number of esters is 1.